The van der Waals surface area contributed by atoms with Crippen LogP contribution in [0.2, 0.25) is 0 Å². The summed E-state index contributed by atoms with van der Waals surface area (Å²) in [5.74, 6) is -11.1. The van der Waals surface area contributed by atoms with Gasteiger partial charge >= 0.3 is 29.8 Å². The van der Waals surface area contributed by atoms with Gasteiger partial charge in [0.25, 0.3) is 0 Å². The first-order valence-electron chi connectivity index (χ1n) is 21.7. The van der Waals surface area contributed by atoms with Crippen LogP contribution in [0.4, 0.5) is 0 Å². The minimum atomic E-state index is -1.41. The van der Waals surface area contributed by atoms with Crippen molar-refractivity contribution in [2.75, 3.05) is 6.26 Å². The quantitative estimate of drug-likeness (QED) is 0.106. The Morgan fingerprint density at radius 1 is 0.828 bits per heavy atom. The molecule has 6 heterocycles. The molecule has 356 valence electrons. The number of ketones is 1. The molecule has 8 N–H and O–H groups in total. The van der Waals surface area contributed by atoms with Crippen LogP contribution in [0.25, 0.3) is 21.3 Å². The normalized spacial score (nSPS) is 40.3. The van der Waals surface area contributed by atoms with Crippen LogP contribution in [0, 0.1) is 46.3 Å². The number of allylic oxidation sites excluding steroid dienone is 2. The molecule has 0 aromatic heterocycles. The molecule has 7 rings (SSSR count). The van der Waals surface area contributed by atoms with Gasteiger partial charge in [0, 0.05) is 55.0 Å². The van der Waals surface area contributed by atoms with Crippen molar-refractivity contribution >= 4 is 59.2 Å². The van der Waals surface area contributed by atoms with Crippen molar-refractivity contribution in [2.24, 2.45) is 52.1 Å². The number of carboxylic acids is 5. The van der Waals surface area contributed by atoms with Crippen LogP contribution in [0.5, 0.6) is 0 Å². The molecule has 5 fully saturated rings. The molecule has 0 saturated carbocycles. The number of amides is 2. The second-order valence-electron chi connectivity index (χ2n) is 19.2. The maximum absolute atomic E-state index is 14.8. The largest absolute Gasteiger partial charge is 0.684 e. The average Bonchev–Trinajstić information content (AvgIpc) is 3.86. The molecule has 7 aliphatic rings. The predicted molar refractivity (Wildman–Crippen MR) is 225 cm³/mol. The van der Waals surface area contributed by atoms with E-state index in [1.165, 1.54) is 11.8 Å². The monoisotopic (exact) mass is 954 g/mol. The molecule has 2 unspecified atom stereocenters. The summed E-state index contributed by atoms with van der Waals surface area (Å²) < 4.78 is 0. The van der Waals surface area contributed by atoms with Crippen molar-refractivity contribution in [1.29, 1.82) is 0 Å². The van der Waals surface area contributed by atoms with Crippen molar-refractivity contribution in [3.63, 3.8) is 0 Å². The maximum Gasteiger partial charge on any atom is 0.303 e. The Balaban J connectivity index is 0.00000680. The summed E-state index contributed by atoms with van der Waals surface area (Å²) in [6.45, 7) is 3.67. The van der Waals surface area contributed by atoms with Gasteiger partial charge in [-0.3, -0.25) is 38.4 Å². The van der Waals surface area contributed by atoms with E-state index >= 15 is 0 Å². The van der Waals surface area contributed by atoms with Crippen molar-refractivity contribution in [3.05, 3.63) is 44.3 Å². The number of fused-ring (bicyclic) bond motifs is 7. The van der Waals surface area contributed by atoms with E-state index in [2.05, 4.69) is 5.32 Å². The van der Waals surface area contributed by atoms with Gasteiger partial charge in [0.1, 0.15) is 0 Å². The summed E-state index contributed by atoms with van der Waals surface area (Å²) in [6.07, 6.45) is 1.86. The molecule has 6 aliphatic heterocycles. The first-order chi connectivity index (χ1) is 29.6. The Hall–Kier alpha value is -4.20. The number of primary amides is 1. The Kier molecular flexibility index (Phi) is 14.3. The molecule has 8 bridgehead atoms. The van der Waals surface area contributed by atoms with E-state index in [4.69, 9.17) is 27.0 Å². The zero-order valence-corrected chi connectivity index (χ0v) is 37.6. The predicted octanol–water partition coefficient (Wildman–Crippen LogP) is 4.36. The number of Topliss-reactive ketones (excluding diaryl/α,β-unsaturated/α-hetero) is 1. The number of hydrogen-bond donors (Lipinski definition) is 7. The van der Waals surface area contributed by atoms with Gasteiger partial charge in [0.05, 0.1) is 11.7 Å². The summed E-state index contributed by atoms with van der Waals surface area (Å²) in [5, 5.41) is 74.0. The molecule has 2 amide bonds. The van der Waals surface area contributed by atoms with Crippen LogP contribution in [-0.2, 0) is 54.8 Å². The standard InChI is InChI=1S/C43H57N6O13S.Ni/c1-41(16-30(44)50)22(5-8-33(54)55)27-15-43-42(2,17-31(51)49-43)23(6-9-34(56)57)26(48-43)13-24-19(11-35(58)59)18(4-7-32(52)53)38(46-24)37-39-21(10-28(63-3)40(37)62)20(12-36(60)61)25(47-39)14-29(41)45-27;/h13,18-23,25-29,38H,4-12,14-17H2,1-3H3,(H9,44,47,49,50,51,52,53,54,55,56,57,58,59,60,61,62);/q-3;/p-1/b24-13-;/t18-,19-,20-,21-,22+,23+,25+,26+,27-,28-,29?,38?,41-,42-,43-;/m0./s1. The Morgan fingerprint density at radius 3 is 2.05 bits per heavy atom. The first-order valence-corrected chi connectivity index (χ1v) is 22.9. The molecule has 1 spiro atoms. The molecule has 0 aromatic carbocycles. The number of nitrogens with two attached hydrogens (primary N) is 1. The molecule has 1 aliphatic carbocycles. The summed E-state index contributed by atoms with van der Waals surface area (Å²) in [7, 11) is 0. The Morgan fingerprint density at radius 2 is 1.45 bits per heavy atom. The van der Waals surface area contributed by atoms with E-state index in [0.717, 1.165) is 0 Å². The summed E-state index contributed by atoms with van der Waals surface area (Å²) in [5.41, 5.74) is 3.17. The minimum Gasteiger partial charge on any atom is -0.684 e. The van der Waals surface area contributed by atoms with Crippen LogP contribution in [0.15, 0.2) is 23.0 Å². The summed E-state index contributed by atoms with van der Waals surface area (Å²) >= 11 is 1.28. The zero-order valence-electron chi connectivity index (χ0n) is 35.8. The third kappa shape index (κ3) is 8.90. The SMILES string of the molecule is CS[C@H]1C[C@@H]2C3=C(C1=O)C1[N-]/C(=C\[C@H]4[N-][C@@]5(C[C@@H]6[N-]C(C[C@@H]([N-]3)[C@H]2CC(=O)O)[C@@](C)(CC(N)=O)[C@@H]6CCC(=O)O)NC(=O)C[C@@]5(C)[C@@H]4CCC(=O)O)[C@@H](CC(=O)O)[C@@H]1CCC(=O)O.[Ni]. The van der Waals surface area contributed by atoms with E-state index in [1.54, 1.807) is 12.3 Å². The van der Waals surface area contributed by atoms with Gasteiger partial charge < -0.3 is 57.9 Å². The van der Waals surface area contributed by atoms with Crippen LogP contribution in [0.3, 0.4) is 0 Å². The Labute approximate surface area is 384 Å². The molecule has 19 nitrogen and oxygen atoms in total. The van der Waals surface area contributed by atoms with E-state index in [-0.39, 0.29) is 117 Å². The van der Waals surface area contributed by atoms with Crippen molar-refractivity contribution in [3.8, 4) is 0 Å². The summed E-state index contributed by atoms with van der Waals surface area (Å²) in [4.78, 5) is 103. The molecule has 21 heteroatoms. The van der Waals surface area contributed by atoms with Crippen LogP contribution in [-0.4, -0.2) is 120 Å². The number of nitrogens with zero attached hydrogens (tertiary/aromatic N) is 4. The first kappa shape index (κ1) is 49.2. The van der Waals surface area contributed by atoms with Gasteiger partial charge in [-0.05, 0) is 83.6 Å². The smallest absolute Gasteiger partial charge is 0.303 e. The fraction of sp³-hybridized carbons (Fsp3) is 0.721. The van der Waals surface area contributed by atoms with E-state index < -0.39 is 130 Å². The van der Waals surface area contributed by atoms with Gasteiger partial charge in [-0.25, -0.2) is 0 Å². The van der Waals surface area contributed by atoms with Crippen molar-refractivity contribution in [1.82, 2.24) is 5.32 Å². The Bertz CT molecular complexity index is 2040. The number of carboxylic acid groups (broad SMARTS) is 5. The van der Waals surface area contributed by atoms with E-state index in [0.29, 0.717) is 5.70 Å². The maximum atomic E-state index is 14.8. The van der Waals surface area contributed by atoms with Gasteiger partial charge in [0.2, 0.25) is 11.8 Å². The number of hydrogen-bond acceptors (Lipinski definition) is 9. The average molecular weight is 956 g/mol. The number of rotatable bonds is 16. The minimum absolute atomic E-state index is 0. The fourth-order valence-corrected chi connectivity index (χ4v) is 13.7. The third-order valence-corrected chi connectivity index (χ3v) is 16.7. The van der Waals surface area contributed by atoms with Crippen LogP contribution in [0.1, 0.15) is 97.3 Å². The van der Waals surface area contributed by atoms with Crippen molar-refractivity contribution in [2.45, 2.75) is 138 Å². The van der Waals surface area contributed by atoms with E-state index in [1.807, 2.05) is 13.8 Å². The molecular weight excluding hydrogens is 899 g/mol. The van der Waals surface area contributed by atoms with Crippen LogP contribution >= 0.6 is 11.8 Å². The number of carbonyl (C=O) groups excluding carboxylic acids is 3. The number of aliphatic carboxylic acids is 5. The number of carbonyl (C=O) groups is 8. The molecule has 0 radical (unpaired) electrons. The molecular formula is C43H56N6NiO13S-4. The second-order valence-corrected chi connectivity index (χ2v) is 20.2. The second kappa shape index (κ2) is 18.6. The molecule has 64 heavy (non-hydrogen) atoms. The summed E-state index contributed by atoms with van der Waals surface area (Å²) in [6, 6.07) is -4.18. The number of nitrogens with one attached hydrogen (secondary N) is 1. The third-order valence-electron chi connectivity index (χ3n) is 15.7. The molecule has 15 atom stereocenters. The van der Waals surface area contributed by atoms with Gasteiger partial charge in [-0.2, -0.15) is 23.2 Å². The fourth-order valence-electron chi connectivity index (χ4n) is 12.9. The van der Waals surface area contributed by atoms with Gasteiger partial charge in [0.15, 0.2) is 5.78 Å². The van der Waals surface area contributed by atoms with Gasteiger partial charge in [-0.1, -0.05) is 38.6 Å². The van der Waals surface area contributed by atoms with Crippen molar-refractivity contribution < 1.29 is 80.4 Å². The van der Waals surface area contributed by atoms with Gasteiger partial charge in [-0.15, -0.1) is 30.2 Å². The van der Waals surface area contributed by atoms with Crippen LogP contribution < -0.4 is 11.1 Å². The molecule has 5 saturated heterocycles. The number of thioether (sulfide) groups is 1. The topological polar surface area (TPSA) is 332 Å². The zero-order chi connectivity index (χ0) is 45.9. The molecule has 0 aromatic rings. The van der Waals surface area contributed by atoms with E-state index in [9.17, 15) is 63.9 Å².